The Balaban J connectivity index is 1.01. The first-order chi connectivity index (χ1) is 19.5. The van der Waals surface area contributed by atoms with Crippen LogP contribution < -0.4 is 5.32 Å². The molecular formula is C34H35ClFN3O. The molecule has 0 bridgehead atoms. The number of fused-ring (bicyclic) bond motifs is 1. The lowest BCUT2D eigenvalue weighted by molar-refractivity contribution is 0.194. The lowest BCUT2D eigenvalue weighted by Crippen LogP contribution is -2.40. The highest BCUT2D eigenvalue weighted by atomic mass is 35.5. The van der Waals surface area contributed by atoms with E-state index in [0.717, 1.165) is 54.1 Å². The summed E-state index contributed by atoms with van der Waals surface area (Å²) in [4.78, 5) is 17.4. The van der Waals surface area contributed by atoms with Crippen LogP contribution in [0.3, 0.4) is 0 Å². The highest BCUT2D eigenvalue weighted by molar-refractivity contribution is 6.30. The number of amides is 2. The zero-order chi connectivity index (χ0) is 27.5. The average molecular weight is 556 g/mol. The van der Waals surface area contributed by atoms with Crippen LogP contribution in [0.5, 0.6) is 0 Å². The van der Waals surface area contributed by atoms with Crippen molar-refractivity contribution in [1.29, 1.82) is 0 Å². The molecule has 2 fully saturated rings. The molecule has 0 aliphatic carbocycles. The molecule has 2 aliphatic rings. The van der Waals surface area contributed by atoms with Gasteiger partial charge in [0.05, 0.1) is 0 Å². The summed E-state index contributed by atoms with van der Waals surface area (Å²) in [6.07, 6.45) is 4.11. The van der Waals surface area contributed by atoms with Crippen molar-refractivity contribution in [2.75, 3.05) is 31.5 Å². The van der Waals surface area contributed by atoms with Crippen molar-refractivity contribution in [3.8, 4) is 0 Å². The Morgan fingerprint density at radius 3 is 2.00 bits per heavy atom. The fourth-order valence-electron chi connectivity index (χ4n) is 6.24. The summed E-state index contributed by atoms with van der Waals surface area (Å²) in [5.41, 5.74) is 4.68. The molecule has 206 valence electrons. The summed E-state index contributed by atoms with van der Waals surface area (Å²) in [6.45, 7) is 4.54. The smallest absolute Gasteiger partial charge is 0.321 e. The lowest BCUT2D eigenvalue weighted by atomic mass is 9.89. The number of benzene rings is 4. The Labute approximate surface area is 240 Å². The molecule has 4 aromatic rings. The standard InChI is InChI=1S/C34H35ClFN3O/c35-31-8-3-25(4-9-31)27-13-17-38(18-14-27)23-24-1-2-30-22-33(12-7-29(30)21-24)37-34(40)39-19-15-28(16-20-39)26-5-10-32(36)11-6-26/h1-12,21-22,27-28H,13-20,23H2,(H,37,40). The fourth-order valence-corrected chi connectivity index (χ4v) is 6.37. The quantitative estimate of drug-likeness (QED) is 0.268. The molecular weight excluding hydrogens is 521 g/mol. The minimum absolute atomic E-state index is 0.0597. The number of piperidine rings is 2. The molecule has 2 heterocycles. The van der Waals surface area contributed by atoms with E-state index in [1.165, 1.54) is 41.5 Å². The minimum Gasteiger partial charge on any atom is -0.324 e. The number of carbonyl (C=O) groups is 1. The molecule has 2 saturated heterocycles. The van der Waals surface area contributed by atoms with Crippen LogP contribution in [-0.4, -0.2) is 42.0 Å². The van der Waals surface area contributed by atoms with Crippen LogP contribution in [0.2, 0.25) is 5.02 Å². The molecule has 0 radical (unpaired) electrons. The summed E-state index contributed by atoms with van der Waals surface area (Å²) < 4.78 is 13.2. The van der Waals surface area contributed by atoms with Crippen molar-refractivity contribution in [1.82, 2.24) is 9.80 Å². The zero-order valence-electron chi connectivity index (χ0n) is 22.7. The molecule has 2 aliphatic heterocycles. The third-order valence-corrected chi connectivity index (χ3v) is 8.87. The maximum Gasteiger partial charge on any atom is 0.321 e. The average Bonchev–Trinajstić information content (AvgIpc) is 2.98. The van der Waals surface area contributed by atoms with E-state index in [4.69, 9.17) is 11.6 Å². The van der Waals surface area contributed by atoms with Gasteiger partial charge in [-0.05, 0) is 121 Å². The fraction of sp³-hybridized carbons (Fsp3) is 0.324. The zero-order valence-corrected chi connectivity index (χ0v) is 23.4. The molecule has 4 nitrogen and oxygen atoms in total. The van der Waals surface area contributed by atoms with E-state index >= 15 is 0 Å². The van der Waals surface area contributed by atoms with Crippen LogP contribution in [0.15, 0.2) is 84.9 Å². The number of nitrogens with one attached hydrogen (secondary N) is 1. The van der Waals surface area contributed by atoms with Gasteiger partial charge in [-0.15, -0.1) is 0 Å². The van der Waals surface area contributed by atoms with Gasteiger partial charge in [0.15, 0.2) is 0 Å². The molecule has 0 unspecified atom stereocenters. The summed E-state index contributed by atoms with van der Waals surface area (Å²) in [5, 5.41) is 6.20. The second kappa shape index (κ2) is 12.0. The summed E-state index contributed by atoms with van der Waals surface area (Å²) in [6, 6.07) is 27.8. The van der Waals surface area contributed by atoms with Gasteiger partial charge in [0.25, 0.3) is 0 Å². The first-order valence-corrected chi connectivity index (χ1v) is 14.7. The summed E-state index contributed by atoms with van der Waals surface area (Å²) in [5.74, 6) is 0.771. The Morgan fingerprint density at radius 2 is 1.32 bits per heavy atom. The number of likely N-dealkylation sites (tertiary alicyclic amines) is 2. The first kappa shape index (κ1) is 26.8. The highest BCUT2D eigenvalue weighted by Crippen LogP contribution is 2.31. The second-order valence-electron chi connectivity index (χ2n) is 11.2. The van der Waals surface area contributed by atoms with Gasteiger partial charge in [0, 0.05) is 30.3 Å². The molecule has 6 rings (SSSR count). The number of halogens is 2. The van der Waals surface area contributed by atoms with E-state index in [1.807, 2.05) is 35.2 Å². The van der Waals surface area contributed by atoms with Gasteiger partial charge in [-0.3, -0.25) is 4.90 Å². The van der Waals surface area contributed by atoms with Crippen LogP contribution in [0.4, 0.5) is 14.9 Å². The summed E-state index contributed by atoms with van der Waals surface area (Å²) >= 11 is 6.06. The van der Waals surface area contributed by atoms with Gasteiger partial charge in [-0.2, -0.15) is 0 Å². The molecule has 4 aromatic carbocycles. The number of urea groups is 1. The van der Waals surface area contributed by atoms with Crippen LogP contribution in [-0.2, 0) is 6.54 Å². The van der Waals surface area contributed by atoms with Crippen molar-refractivity contribution in [3.05, 3.63) is 112 Å². The monoisotopic (exact) mass is 555 g/mol. The third-order valence-electron chi connectivity index (χ3n) is 8.61. The van der Waals surface area contributed by atoms with Gasteiger partial charge in [0.1, 0.15) is 5.82 Å². The summed E-state index contributed by atoms with van der Waals surface area (Å²) in [7, 11) is 0. The molecule has 0 spiro atoms. The lowest BCUT2D eigenvalue weighted by Gasteiger charge is -2.32. The second-order valence-corrected chi connectivity index (χ2v) is 11.7. The molecule has 2 amide bonds. The maximum atomic E-state index is 13.2. The first-order valence-electron chi connectivity index (χ1n) is 14.3. The normalized spacial score (nSPS) is 17.3. The topological polar surface area (TPSA) is 35.6 Å². The van der Waals surface area contributed by atoms with Gasteiger partial charge in [0.2, 0.25) is 0 Å². The SMILES string of the molecule is O=C(Nc1ccc2cc(CN3CCC(c4ccc(Cl)cc4)CC3)ccc2c1)N1CCC(c2ccc(F)cc2)CC1. The molecule has 1 N–H and O–H groups in total. The van der Waals surface area contributed by atoms with E-state index in [0.29, 0.717) is 24.9 Å². The molecule has 0 atom stereocenters. The van der Waals surface area contributed by atoms with E-state index in [1.54, 1.807) is 0 Å². The van der Waals surface area contributed by atoms with E-state index in [-0.39, 0.29) is 11.8 Å². The van der Waals surface area contributed by atoms with Crippen molar-refractivity contribution >= 4 is 34.1 Å². The Morgan fingerprint density at radius 1 is 0.750 bits per heavy atom. The largest absolute Gasteiger partial charge is 0.324 e. The number of hydrogen-bond donors (Lipinski definition) is 1. The Hall–Kier alpha value is -3.41. The van der Waals surface area contributed by atoms with Crippen molar-refractivity contribution in [2.45, 2.75) is 44.1 Å². The number of carbonyl (C=O) groups excluding carboxylic acids is 1. The van der Waals surface area contributed by atoms with Crippen LogP contribution in [0.1, 0.15) is 54.2 Å². The van der Waals surface area contributed by atoms with Gasteiger partial charge in [-0.1, -0.05) is 54.1 Å². The Kier molecular flexibility index (Phi) is 8.03. The predicted molar refractivity (Wildman–Crippen MR) is 162 cm³/mol. The minimum atomic E-state index is -0.210. The Bertz CT molecular complexity index is 1460. The third kappa shape index (κ3) is 6.32. The number of anilines is 1. The van der Waals surface area contributed by atoms with Crippen molar-refractivity contribution in [3.63, 3.8) is 0 Å². The predicted octanol–water partition coefficient (Wildman–Crippen LogP) is 8.42. The molecule has 0 aromatic heterocycles. The van der Waals surface area contributed by atoms with Crippen molar-refractivity contribution < 1.29 is 9.18 Å². The van der Waals surface area contributed by atoms with Crippen LogP contribution in [0, 0.1) is 5.82 Å². The van der Waals surface area contributed by atoms with E-state index in [9.17, 15) is 9.18 Å². The van der Waals surface area contributed by atoms with Gasteiger partial charge in [-0.25, -0.2) is 9.18 Å². The highest BCUT2D eigenvalue weighted by Gasteiger charge is 2.24. The molecule has 6 heteroatoms. The van der Waals surface area contributed by atoms with E-state index in [2.05, 4.69) is 52.7 Å². The maximum absolute atomic E-state index is 13.2. The van der Waals surface area contributed by atoms with Crippen LogP contribution >= 0.6 is 11.6 Å². The van der Waals surface area contributed by atoms with Gasteiger partial charge < -0.3 is 10.2 Å². The van der Waals surface area contributed by atoms with Crippen molar-refractivity contribution in [2.24, 2.45) is 0 Å². The van der Waals surface area contributed by atoms with Crippen LogP contribution in [0.25, 0.3) is 10.8 Å². The number of rotatable bonds is 5. The molecule has 0 saturated carbocycles. The number of hydrogen-bond acceptors (Lipinski definition) is 2. The van der Waals surface area contributed by atoms with E-state index < -0.39 is 0 Å². The van der Waals surface area contributed by atoms with Gasteiger partial charge >= 0.3 is 6.03 Å². The number of nitrogens with zero attached hydrogens (tertiary/aromatic N) is 2. The molecule has 40 heavy (non-hydrogen) atoms.